The molecule has 0 amide bonds. The van der Waals surface area contributed by atoms with Gasteiger partial charge in [0.1, 0.15) is 11.5 Å². The van der Waals surface area contributed by atoms with Crippen molar-refractivity contribution in [3.8, 4) is 11.3 Å². The third kappa shape index (κ3) is 3.77. The van der Waals surface area contributed by atoms with Gasteiger partial charge >= 0.3 is 0 Å². The summed E-state index contributed by atoms with van der Waals surface area (Å²) in [6, 6.07) is 15.4. The maximum Gasteiger partial charge on any atom is 0.123 e. The van der Waals surface area contributed by atoms with E-state index in [1.807, 2.05) is 24.4 Å². The van der Waals surface area contributed by atoms with Gasteiger partial charge in [0.15, 0.2) is 0 Å². The minimum Gasteiger partial charge on any atom is -0.382 e. The summed E-state index contributed by atoms with van der Waals surface area (Å²) in [7, 11) is 0. The van der Waals surface area contributed by atoms with Crippen LogP contribution in [-0.4, -0.2) is 21.0 Å². The quantitative estimate of drug-likeness (QED) is 0.723. The molecule has 1 saturated carbocycles. The van der Waals surface area contributed by atoms with Crippen molar-refractivity contribution in [2.24, 2.45) is 5.92 Å². The first-order valence-electron chi connectivity index (χ1n) is 9.19. The molecule has 26 heavy (non-hydrogen) atoms. The maximum atomic E-state index is 13.3. The second kappa shape index (κ2) is 7.28. The van der Waals surface area contributed by atoms with Gasteiger partial charge in [0, 0.05) is 17.3 Å². The number of nitrogens with one attached hydrogen (secondary N) is 1. The molecule has 1 fully saturated rings. The second-order valence-corrected chi connectivity index (χ2v) is 7.17. The van der Waals surface area contributed by atoms with E-state index in [-0.39, 0.29) is 5.82 Å². The van der Waals surface area contributed by atoms with Crippen LogP contribution in [0.4, 0.5) is 10.1 Å². The molecule has 2 atom stereocenters. The highest BCUT2D eigenvalue weighted by Gasteiger charge is 2.22. The van der Waals surface area contributed by atoms with Gasteiger partial charge in [-0.2, -0.15) is 0 Å². The Hall–Kier alpha value is -2.69. The number of rotatable bonds is 5. The van der Waals surface area contributed by atoms with Crippen LogP contribution in [0.5, 0.6) is 0 Å². The lowest BCUT2D eigenvalue weighted by Crippen LogP contribution is -2.21. The van der Waals surface area contributed by atoms with E-state index >= 15 is 0 Å². The van der Waals surface area contributed by atoms with E-state index in [9.17, 15) is 4.39 Å². The molecule has 4 nitrogen and oxygen atoms in total. The molecule has 5 heteroatoms. The Kier molecular flexibility index (Phi) is 4.69. The van der Waals surface area contributed by atoms with Gasteiger partial charge in [-0.1, -0.05) is 42.8 Å². The molecule has 1 N–H and O–H groups in total. The largest absolute Gasteiger partial charge is 0.382 e. The minimum atomic E-state index is -0.234. The van der Waals surface area contributed by atoms with Crippen molar-refractivity contribution in [3.05, 3.63) is 66.1 Å². The average molecular weight is 350 g/mol. The summed E-state index contributed by atoms with van der Waals surface area (Å²) in [6.07, 6.45) is 5.73. The van der Waals surface area contributed by atoms with Crippen molar-refractivity contribution in [2.75, 3.05) is 5.32 Å². The lowest BCUT2D eigenvalue weighted by molar-refractivity contribution is 0.556. The SMILES string of the molecule is CC1CCCC1Nc1cccc(-c2cn(Cc3cccc(F)c3)nn2)c1. The fourth-order valence-corrected chi connectivity index (χ4v) is 3.67. The van der Waals surface area contributed by atoms with Crippen LogP contribution >= 0.6 is 0 Å². The topological polar surface area (TPSA) is 42.7 Å². The Labute approximate surface area is 153 Å². The van der Waals surface area contributed by atoms with E-state index in [0.717, 1.165) is 22.5 Å². The van der Waals surface area contributed by atoms with Gasteiger partial charge in [-0.15, -0.1) is 5.10 Å². The number of anilines is 1. The van der Waals surface area contributed by atoms with Crippen molar-refractivity contribution in [3.63, 3.8) is 0 Å². The van der Waals surface area contributed by atoms with E-state index < -0.39 is 0 Å². The Bertz CT molecular complexity index is 889. The average Bonchev–Trinajstić information content (AvgIpc) is 3.25. The molecular weight excluding hydrogens is 327 g/mol. The van der Waals surface area contributed by atoms with Gasteiger partial charge in [0.25, 0.3) is 0 Å². The third-order valence-corrected chi connectivity index (χ3v) is 5.14. The zero-order chi connectivity index (χ0) is 17.9. The van der Waals surface area contributed by atoms with Crippen LogP contribution < -0.4 is 5.32 Å². The van der Waals surface area contributed by atoms with E-state index in [4.69, 9.17) is 0 Å². The van der Waals surface area contributed by atoms with Crippen molar-refractivity contribution < 1.29 is 4.39 Å². The van der Waals surface area contributed by atoms with Crippen molar-refractivity contribution in [2.45, 2.75) is 38.8 Å². The van der Waals surface area contributed by atoms with Crippen molar-refractivity contribution in [1.29, 1.82) is 0 Å². The van der Waals surface area contributed by atoms with Gasteiger partial charge < -0.3 is 5.32 Å². The second-order valence-electron chi connectivity index (χ2n) is 7.17. The molecule has 134 valence electrons. The van der Waals surface area contributed by atoms with Crippen LogP contribution in [0.3, 0.4) is 0 Å². The molecule has 3 aromatic rings. The van der Waals surface area contributed by atoms with Crippen LogP contribution in [0.2, 0.25) is 0 Å². The lowest BCUT2D eigenvalue weighted by atomic mass is 10.1. The predicted octanol–water partition coefficient (Wildman–Crippen LogP) is 4.73. The lowest BCUT2D eigenvalue weighted by Gasteiger charge is -2.19. The zero-order valence-corrected chi connectivity index (χ0v) is 14.9. The minimum absolute atomic E-state index is 0.234. The highest BCUT2D eigenvalue weighted by atomic mass is 19.1. The number of hydrogen-bond donors (Lipinski definition) is 1. The summed E-state index contributed by atoms with van der Waals surface area (Å²) in [4.78, 5) is 0. The van der Waals surface area contributed by atoms with Crippen molar-refractivity contribution in [1.82, 2.24) is 15.0 Å². The van der Waals surface area contributed by atoms with E-state index in [1.165, 1.54) is 31.4 Å². The first-order valence-corrected chi connectivity index (χ1v) is 9.19. The molecule has 1 aliphatic carbocycles. The molecule has 2 unspecified atom stereocenters. The number of nitrogens with zero attached hydrogens (tertiary/aromatic N) is 3. The summed E-state index contributed by atoms with van der Waals surface area (Å²) in [6.45, 7) is 2.81. The Balaban J connectivity index is 1.49. The molecule has 0 saturated heterocycles. The highest BCUT2D eigenvalue weighted by molar-refractivity contribution is 5.64. The number of aromatic nitrogens is 3. The van der Waals surface area contributed by atoms with E-state index in [2.05, 4.69) is 34.7 Å². The van der Waals surface area contributed by atoms with Gasteiger partial charge in [-0.3, -0.25) is 0 Å². The van der Waals surface area contributed by atoms with Crippen LogP contribution in [0.25, 0.3) is 11.3 Å². The number of benzene rings is 2. The first-order chi connectivity index (χ1) is 12.7. The van der Waals surface area contributed by atoms with Gasteiger partial charge in [-0.05, 0) is 48.6 Å². The standard InChI is InChI=1S/C21H23FN4/c1-15-5-2-10-20(15)23-19-9-4-7-17(12-19)21-14-26(25-24-21)13-16-6-3-8-18(22)11-16/h3-4,6-9,11-12,14-15,20,23H,2,5,10,13H2,1H3. The highest BCUT2D eigenvalue weighted by Crippen LogP contribution is 2.29. The summed E-state index contributed by atoms with van der Waals surface area (Å²) in [5.41, 5.74) is 3.85. The maximum absolute atomic E-state index is 13.3. The van der Waals surface area contributed by atoms with Crippen LogP contribution in [-0.2, 0) is 6.54 Å². The molecule has 4 rings (SSSR count). The Morgan fingerprint density at radius 3 is 2.85 bits per heavy atom. The van der Waals surface area contributed by atoms with Gasteiger partial charge in [0.05, 0.1) is 12.7 Å². The first kappa shape index (κ1) is 16.8. The number of hydrogen-bond acceptors (Lipinski definition) is 3. The summed E-state index contributed by atoms with van der Waals surface area (Å²) in [5.74, 6) is 0.480. The van der Waals surface area contributed by atoms with Crippen LogP contribution in [0, 0.1) is 11.7 Å². The fraction of sp³-hybridized carbons (Fsp3) is 0.333. The summed E-state index contributed by atoms with van der Waals surface area (Å²) >= 11 is 0. The molecule has 0 radical (unpaired) electrons. The van der Waals surface area contributed by atoms with Gasteiger partial charge in [-0.25, -0.2) is 9.07 Å². The molecule has 0 bridgehead atoms. The fourth-order valence-electron chi connectivity index (χ4n) is 3.67. The smallest absolute Gasteiger partial charge is 0.123 e. The van der Waals surface area contributed by atoms with Crippen LogP contribution in [0.15, 0.2) is 54.7 Å². The molecule has 2 aromatic carbocycles. The van der Waals surface area contributed by atoms with E-state index in [1.54, 1.807) is 10.7 Å². The molecule has 1 aromatic heterocycles. The Morgan fingerprint density at radius 2 is 2.04 bits per heavy atom. The van der Waals surface area contributed by atoms with Gasteiger partial charge in [0.2, 0.25) is 0 Å². The summed E-state index contributed by atoms with van der Waals surface area (Å²) in [5, 5.41) is 12.1. The van der Waals surface area contributed by atoms with E-state index in [0.29, 0.717) is 18.5 Å². The molecular formula is C21H23FN4. The van der Waals surface area contributed by atoms with Crippen LogP contribution in [0.1, 0.15) is 31.7 Å². The molecule has 0 aliphatic heterocycles. The molecule has 1 aliphatic rings. The third-order valence-electron chi connectivity index (χ3n) is 5.14. The normalized spacial score (nSPS) is 19.6. The predicted molar refractivity (Wildman–Crippen MR) is 101 cm³/mol. The molecule has 0 spiro atoms. The molecule has 1 heterocycles. The summed E-state index contributed by atoms with van der Waals surface area (Å²) < 4.78 is 15.1. The van der Waals surface area contributed by atoms with Crippen molar-refractivity contribution >= 4 is 5.69 Å². The zero-order valence-electron chi connectivity index (χ0n) is 14.9. The Morgan fingerprint density at radius 1 is 1.15 bits per heavy atom. The number of halogens is 1. The monoisotopic (exact) mass is 350 g/mol.